The number of quaternary nitrogens is 1. The van der Waals surface area contributed by atoms with Crippen LogP contribution in [0.25, 0.3) is 0 Å². The smallest absolute Gasteiger partial charge is 0.104 e. The summed E-state index contributed by atoms with van der Waals surface area (Å²) in [5.41, 5.74) is 7.24. The van der Waals surface area contributed by atoms with E-state index in [-0.39, 0.29) is 0 Å². The fraction of sp³-hybridized carbons (Fsp3) is 0.571. The van der Waals surface area contributed by atoms with Crippen molar-refractivity contribution in [1.29, 1.82) is 0 Å². The number of piperidine rings is 1. The molecule has 1 fully saturated rings. The number of benzene rings is 1. The maximum atomic E-state index is 5.78. The summed E-state index contributed by atoms with van der Waals surface area (Å²) in [6.45, 7) is 5.73. The second-order valence-corrected chi connectivity index (χ2v) is 5.01. The van der Waals surface area contributed by atoms with Crippen molar-refractivity contribution >= 4 is 0 Å². The average Bonchev–Trinajstić information content (AvgIpc) is 2.31. The second-order valence-electron chi connectivity index (χ2n) is 5.01. The molecular weight excluding hydrogens is 196 g/mol. The van der Waals surface area contributed by atoms with Gasteiger partial charge in [-0.1, -0.05) is 30.3 Å². The zero-order valence-corrected chi connectivity index (χ0v) is 10.1. The van der Waals surface area contributed by atoms with E-state index in [1.54, 1.807) is 0 Å². The molecule has 0 saturated carbocycles. The molecule has 0 aliphatic carbocycles. The van der Waals surface area contributed by atoms with Crippen molar-refractivity contribution in [3.8, 4) is 0 Å². The molecule has 1 saturated heterocycles. The maximum absolute atomic E-state index is 5.78. The molecule has 0 amide bonds. The molecular formula is C14H23N2+. The predicted octanol–water partition coefficient (Wildman–Crippen LogP) is 2.15. The molecule has 1 heterocycles. The molecule has 2 heteroatoms. The van der Waals surface area contributed by atoms with E-state index in [0.29, 0.717) is 0 Å². The first kappa shape index (κ1) is 11.6. The first-order valence-corrected chi connectivity index (χ1v) is 6.44. The third-order valence-corrected chi connectivity index (χ3v) is 3.73. The number of nitrogens with two attached hydrogens (primary N) is 1. The quantitative estimate of drug-likeness (QED) is 0.772. The summed E-state index contributed by atoms with van der Waals surface area (Å²) >= 11 is 0. The second kappa shape index (κ2) is 5.46. The van der Waals surface area contributed by atoms with Gasteiger partial charge in [0.25, 0.3) is 0 Å². The Kier molecular flexibility index (Phi) is 3.97. The zero-order chi connectivity index (χ0) is 11.3. The van der Waals surface area contributed by atoms with Crippen LogP contribution in [-0.4, -0.2) is 30.7 Å². The number of rotatable bonds is 4. The highest BCUT2D eigenvalue weighted by molar-refractivity contribution is 5.13. The summed E-state index contributed by atoms with van der Waals surface area (Å²) in [7, 11) is 0. The van der Waals surface area contributed by atoms with Crippen LogP contribution in [0.4, 0.5) is 0 Å². The molecule has 88 valence electrons. The SMILES string of the molecule is NCC[N+]1(Cc2ccccc2)CCCCC1. The number of likely N-dealkylation sites (tertiary alicyclic amines) is 1. The van der Waals surface area contributed by atoms with Crippen molar-refractivity contribution in [1.82, 2.24) is 0 Å². The third kappa shape index (κ3) is 2.83. The van der Waals surface area contributed by atoms with Crippen molar-refractivity contribution in [3.05, 3.63) is 35.9 Å². The molecule has 1 aromatic carbocycles. The summed E-state index contributed by atoms with van der Waals surface area (Å²) in [5, 5.41) is 0. The lowest BCUT2D eigenvalue weighted by Crippen LogP contribution is -2.53. The molecule has 0 radical (unpaired) electrons. The number of hydrogen-bond donors (Lipinski definition) is 1. The Morgan fingerprint density at radius 3 is 2.31 bits per heavy atom. The van der Waals surface area contributed by atoms with Gasteiger partial charge in [0.2, 0.25) is 0 Å². The fourth-order valence-electron chi connectivity index (χ4n) is 2.89. The Balaban J connectivity index is 2.07. The van der Waals surface area contributed by atoms with Crippen molar-refractivity contribution in [2.24, 2.45) is 5.73 Å². The van der Waals surface area contributed by atoms with Crippen LogP contribution in [0.5, 0.6) is 0 Å². The predicted molar refractivity (Wildman–Crippen MR) is 67.9 cm³/mol. The number of nitrogens with zero attached hydrogens (tertiary/aromatic N) is 1. The van der Waals surface area contributed by atoms with Crippen LogP contribution in [0.15, 0.2) is 30.3 Å². The fourth-order valence-corrected chi connectivity index (χ4v) is 2.89. The van der Waals surface area contributed by atoms with E-state index in [0.717, 1.165) is 19.6 Å². The van der Waals surface area contributed by atoms with Gasteiger partial charge in [-0.05, 0) is 19.3 Å². The molecule has 0 aromatic heterocycles. The lowest BCUT2D eigenvalue weighted by atomic mass is 10.1. The topological polar surface area (TPSA) is 26.0 Å². The van der Waals surface area contributed by atoms with Gasteiger partial charge in [0.15, 0.2) is 0 Å². The van der Waals surface area contributed by atoms with Crippen molar-refractivity contribution < 1.29 is 4.48 Å². The molecule has 0 atom stereocenters. The highest BCUT2D eigenvalue weighted by Crippen LogP contribution is 2.22. The lowest BCUT2D eigenvalue weighted by Gasteiger charge is -2.41. The molecule has 1 aromatic rings. The molecule has 0 unspecified atom stereocenters. The minimum Gasteiger partial charge on any atom is -0.326 e. The van der Waals surface area contributed by atoms with E-state index in [1.165, 1.54) is 42.4 Å². The molecule has 2 rings (SSSR count). The van der Waals surface area contributed by atoms with Crippen LogP contribution in [0.3, 0.4) is 0 Å². The highest BCUT2D eigenvalue weighted by Gasteiger charge is 2.28. The molecule has 1 aliphatic rings. The van der Waals surface area contributed by atoms with Crippen LogP contribution in [0, 0.1) is 0 Å². The molecule has 16 heavy (non-hydrogen) atoms. The third-order valence-electron chi connectivity index (χ3n) is 3.73. The summed E-state index contributed by atoms with van der Waals surface area (Å²) in [4.78, 5) is 0. The van der Waals surface area contributed by atoms with E-state index in [9.17, 15) is 0 Å². The van der Waals surface area contributed by atoms with Gasteiger partial charge in [-0.15, -0.1) is 0 Å². The monoisotopic (exact) mass is 219 g/mol. The minimum atomic E-state index is 0.812. The first-order valence-electron chi connectivity index (χ1n) is 6.44. The zero-order valence-electron chi connectivity index (χ0n) is 10.1. The van der Waals surface area contributed by atoms with E-state index >= 15 is 0 Å². The van der Waals surface area contributed by atoms with Crippen LogP contribution in [0.2, 0.25) is 0 Å². The summed E-state index contributed by atoms with van der Waals surface area (Å²) in [5.74, 6) is 0. The van der Waals surface area contributed by atoms with Crippen LogP contribution >= 0.6 is 0 Å². The highest BCUT2D eigenvalue weighted by atomic mass is 15.4. The van der Waals surface area contributed by atoms with Crippen molar-refractivity contribution in [2.45, 2.75) is 25.8 Å². The van der Waals surface area contributed by atoms with Gasteiger partial charge < -0.3 is 10.2 Å². The summed E-state index contributed by atoms with van der Waals surface area (Å²) in [6, 6.07) is 10.8. The molecule has 2 nitrogen and oxygen atoms in total. The van der Waals surface area contributed by atoms with E-state index in [1.807, 2.05) is 0 Å². The molecule has 0 spiro atoms. The molecule has 0 bridgehead atoms. The summed E-state index contributed by atoms with van der Waals surface area (Å²) in [6.07, 6.45) is 4.14. The Morgan fingerprint density at radius 2 is 1.69 bits per heavy atom. The standard InChI is InChI=1S/C14H23N2/c15-9-12-16(10-5-2-6-11-16)13-14-7-3-1-4-8-14/h1,3-4,7-8H,2,5-6,9-13,15H2/q+1. The van der Waals surface area contributed by atoms with Gasteiger partial charge in [-0.2, -0.15) is 0 Å². The molecule has 1 aliphatic heterocycles. The van der Waals surface area contributed by atoms with E-state index in [2.05, 4.69) is 30.3 Å². The summed E-state index contributed by atoms with van der Waals surface area (Å²) < 4.78 is 1.21. The van der Waals surface area contributed by atoms with E-state index in [4.69, 9.17) is 5.73 Å². The normalized spacial score (nSPS) is 19.6. The van der Waals surface area contributed by atoms with Gasteiger partial charge in [0.1, 0.15) is 6.54 Å². The number of hydrogen-bond acceptors (Lipinski definition) is 1. The Hall–Kier alpha value is -0.860. The van der Waals surface area contributed by atoms with Crippen molar-refractivity contribution in [3.63, 3.8) is 0 Å². The lowest BCUT2D eigenvalue weighted by molar-refractivity contribution is -0.943. The first-order chi connectivity index (χ1) is 7.85. The van der Waals surface area contributed by atoms with Crippen LogP contribution in [0.1, 0.15) is 24.8 Å². The Morgan fingerprint density at radius 1 is 1.00 bits per heavy atom. The largest absolute Gasteiger partial charge is 0.326 e. The maximum Gasteiger partial charge on any atom is 0.104 e. The minimum absolute atomic E-state index is 0.812. The Labute approximate surface area is 98.7 Å². The van der Waals surface area contributed by atoms with Gasteiger partial charge in [-0.25, -0.2) is 0 Å². The Bertz CT molecular complexity index is 296. The van der Waals surface area contributed by atoms with Crippen LogP contribution in [-0.2, 0) is 6.54 Å². The molecule has 2 N–H and O–H groups in total. The van der Waals surface area contributed by atoms with Gasteiger partial charge in [0, 0.05) is 12.1 Å². The van der Waals surface area contributed by atoms with Crippen molar-refractivity contribution in [2.75, 3.05) is 26.2 Å². The van der Waals surface area contributed by atoms with Gasteiger partial charge in [0.05, 0.1) is 19.6 Å². The van der Waals surface area contributed by atoms with Gasteiger partial charge >= 0.3 is 0 Å². The van der Waals surface area contributed by atoms with Crippen LogP contribution < -0.4 is 5.73 Å². The van der Waals surface area contributed by atoms with Gasteiger partial charge in [-0.3, -0.25) is 0 Å². The van der Waals surface area contributed by atoms with E-state index < -0.39 is 0 Å². The average molecular weight is 219 g/mol.